The van der Waals surface area contributed by atoms with Crippen molar-refractivity contribution in [2.75, 3.05) is 18.4 Å². The minimum absolute atomic E-state index is 0.0168. The molecular weight excluding hydrogens is 408 g/mol. The number of carbonyl (C=O) groups is 3. The third kappa shape index (κ3) is 6.18. The van der Waals surface area contributed by atoms with Gasteiger partial charge in [-0.3, -0.25) is 4.79 Å². The topological polar surface area (TPSA) is 107 Å². The van der Waals surface area contributed by atoms with Gasteiger partial charge in [-0.25, -0.2) is 9.59 Å². The van der Waals surface area contributed by atoms with Crippen molar-refractivity contribution in [1.82, 2.24) is 4.90 Å². The van der Waals surface area contributed by atoms with E-state index in [0.29, 0.717) is 6.42 Å². The largest absolute Gasteiger partial charge is 0.480 e. The van der Waals surface area contributed by atoms with E-state index in [-0.39, 0.29) is 23.7 Å². The Bertz CT molecular complexity index is 1030. The number of carbonyl (C=O) groups excluding carboxylic acids is 1. The molecule has 0 unspecified atom stereocenters. The lowest BCUT2D eigenvalue weighted by Gasteiger charge is -2.25. The molecule has 0 aliphatic rings. The first-order chi connectivity index (χ1) is 15.4. The van der Waals surface area contributed by atoms with Gasteiger partial charge in [0.05, 0.1) is 5.56 Å². The van der Waals surface area contributed by atoms with E-state index in [4.69, 9.17) is 5.11 Å². The average Bonchev–Trinajstić information content (AvgIpc) is 2.79. The van der Waals surface area contributed by atoms with E-state index < -0.39 is 24.5 Å². The van der Waals surface area contributed by atoms with Gasteiger partial charge in [0.15, 0.2) is 0 Å². The summed E-state index contributed by atoms with van der Waals surface area (Å²) < 4.78 is 0. The van der Waals surface area contributed by atoms with Crippen molar-refractivity contribution in [2.24, 2.45) is 0 Å². The van der Waals surface area contributed by atoms with Crippen molar-refractivity contribution in [3.05, 3.63) is 102 Å². The van der Waals surface area contributed by atoms with Crippen LogP contribution in [0.4, 0.5) is 10.5 Å². The highest BCUT2D eigenvalue weighted by Gasteiger charge is 2.21. The number of nitrogens with zero attached hydrogens (tertiary/aromatic N) is 1. The van der Waals surface area contributed by atoms with Crippen LogP contribution in [0.3, 0.4) is 0 Å². The molecule has 0 spiro atoms. The van der Waals surface area contributed by atoms with Gasteiger partial charge in [0.25, 0.3) is 0 Å². The van der Waals surface area contributed by atoms with Gasteiger partial charge < -0.3 is 20.4 Å². The Kier molecular flexibility index (Phi) is 7.59. The molecule has 0 atom stereocenters. The maximum atomic E-state index is 12.8. The molecule has 0 fully saturated rings. The van der Waals surface area contributed by atoms with Crippen LogP contribution in [0.25, 0.3) is 0 Å². The molecule has 0 aromatic heterocycles. The Morgan fingerprint density at radius 1 is 0.812 bits per heavy atom. The predicted octanol–water partition coefficient (Wildman–Crippen LogP) is 4.53. The Hall–Kier alpha value is -4.13. The summed E-state index contributed by atoms with van der Waals surface area (Å²) in [7, 11) is 0. The summed E-state index contributed by atoms with van der Waals surface area (Å²) in [5, 5.41) is 21.1. The number of aromatic carboxylic acids is 1. The van der Waals surface area contributed by atoms with Crippen LogP contribution >= 0.6 is 0 Å². The van der Waals surface area contributed by atoms with Crippen LogP contribution in [0.5, 0.6) is 0 Å². The summed E-state index contributed by atoms with van der Waals surface area (Å²) in [6.07, 6.45) is 0.518. The summed E-state index contributed by atoms with van der Waals surface area (Å²) in [6, 6.07) is 24.9. The van der Waals surface area contributed by atoms with Gasteiger partial charge in [-0.2, -0.15) is 0 Å². The van der Waals surface area contributed by atoms with Crippen molar-refractivity contribution >= 4 is 23.7 Å². The highest BCUT2D eigenvalue weighted by molar-refractivity contribution is 5.94. The zero-order valence-electron chi connectivity index (χ0n) is 17.3. The fourth-order valence-corrected chi connectivity index (χ4v) is 3.53. The first-order valence-corrected chi connectivity index (χ1v) is 10.1. The number of carboxylic acids is 2. The Morgan fingerprint density at radius 3 is 1.94 bits per heavy atom. The molecule has 7 nitrogen and oxygen atoms in total. The van der Waals surface area contributed by atoms with Crippen LogP contribution in [0, 0.1) is 0 Å². The molecule has 32 heavy (non-hydrogen) atoms. The molecular formula is C25H24N2O5. The highest BCUT2D eigenvalue weighted by Crippen LogP contribution is 2.28. The van der Waals surface area contributed by atoms with E-state index in [1.807, 2.05) is 60.7 Å². The van der Waals surface area contributed by atoms with Gasteiger partial charge in [0, 0.05) is 18.2 Å². The molecule has 3 aromatic rings. The molecule has 0 bridgehead atoms. The SMILES string of the molecule is O=C(O)CN(CCC(c1ccccc1)c1ccccc1)C(=O)Nc1cccc(C(=O)O)c1. The fraction of sp³-hybridized carbons (Fsp3) is 0.160. The third-order valence-electron chi connectivity index (χ3n) is 5.07. The normalized spacial score (nSPS) is 10.5. The van der Waals surface area contributed by atoms with Gasteiger partial charge in [0.1, 0.15) is 6.54 Å². The Balaban J connectivity index is 1.78. The van der Waals surface area contributed by atoms with Crippen LogP contribution in [0.15, 0.2) is 84.9 Å². The highest BCUT2D eigenvalue weighted by atomic mass is 16.4. The standard InChI is InChI=1S/C25H24N2O5/c28-23(29)17-27(25(32)26-21-13-7-12-20(16-21)24(30)31)15-14-22(18-8-3-1-4-9-18)19-10-5-2-6-11-19/h1-13,16,22H,14-15,17H2,(H,26,32)(H,28,29)(H,30,31). The number of rotatable bonds is 9. The number of urea groups is 1. The lowest BCUT2D eigenvalue weighted by molar-refractivity contribution is -0.137. The minimum atomic E-state index is -1.13. The summed E-state index contributed by atoms with van der Waals surface area (Å²) in [6.45, 7) is -0.272. The quantitative estimate of drug-likeness (QED) is 0.461. The molecule has 0 saturated carbocycles. The zero-order valence-corrected chi connectivity index (χ0v) is 17.3. The van der Waals surface area contributed by atoms with Crippen molar-refractivity contribution in [3.63, 3.8) is 0 Å². The number of hydrogen-bond donors (Lipinski definition) is 3. The first kappa shape index (κ1) is 22.6. The van der Waals surface area contributed by atoms with Gasteiger partial charge in [-0.05, 0) is 35.7 Å². The Morgan fingerprint density at radius 2 is 1.41 bits per heavy atom. The zero-order chi connectivity index (χ0) is 22.9. The average molecular weight is 432 g/mol. The maximum absolute atomic E-state index is 12.8. The van der Waals surface area contributed by atoms with Crippen LogP contribution in [0.1, 0.15) is 33.8 Å². The molecule has 0 radical (unpaired) electrons. The van der Waals surface area contributed by atoms with E-state index in [9.17, 15) is 19.5 Å². The molecule has 3 rings (SSSR count). The second-order valence-corrected chi connectivity index (χ2v) is 7.29. The predicted molar refractivity (Wildman–Crippen MR) is 121 cm³/mol. The van der Waals surface area contributed by atoms with Gasteiger partial charge in [-0.15, -0.1) is 0 Å². The Labute approximate surface area is 185 Å². The van der Waals surface area contributed by atoms with Gasteiger partial charge >= 0.3 is 18.0 Å². The summed E-state index contributed by atoms with van der Waals surface area (Å²) in [5.74, 6) is -2.26. The number of benzene rings is 3. The molecule has 3 N–H and O–H groups in total. The van der Waals surface area contributed by atoms with Crippen LogP contribution in [0.2, 0.25) is 0 Å². The van der Waals surface area contributed by atoms with Crippen LogP contribution < -0.4 is 5.32 Å². The maximum Gasteiger partial charge on any atom is 0.335 e. The van der Waals surface area contributed by atoms with Crippen molar-refractivity contribution in [2.45, 2.75) is 12.3 Å². The number of amides is 2. The summed E-state index contributed by atoms with van der Waals surface area (Å²) in [4.78, 5) is 36.6. The molecule has 0 saturated heterocycles. The summed E-state index contributed by atoms with van der Waals surface area (Å²) in [5.41, 5.74) is 2.46. The minimum Gasteiger partial charge on any atom is -0.480 e. The molecule has 0 aliphatic heterocycles. The molecule has 7 heteroatoms. The smallest absolute Gasteiger partial charge is 0.335 e. The first-order valence-electron chi connectivity index (χ1n) is 10.1. The number of hydrogen-bond acceptors (Lipinski definition) is 3. The van der Waals surface area contributed by atoms with E-state index >= 15 is 0 Å². The van der Waals surface area contributed by atoms with E-state index in [0.717, 1.165) is 11.1 Å². The van der Waals surface area contributed by atoms with Crippen LogP contribution in [-0.2, 0) is 4.79 Å². The third-order valence-corrected chi connectivity index (χ3v) is 5.07. The van der Waals surface area contributed by atoms with Crippen molar-refractivity contribution < 1.29 is 24.6 Å². The van der Waals surface area contributed by atoms with E-state index in [2.05, 4.69) is 5.32 Å². The van der Waals surface area contributed by atoms with Crippen LogP contribution in [-0.4, -0.2) is 46.2 Å². The number of anilines is 1. The lowest BCUT2D eigenvalue weighted by Crippen LogP contribution is -2.40. The van der Waals surface area contributed by atoms with Gasteiger partial charge in [0.2, 0.25) is 0 Å². The fourth-order valence-electron chi connectivity index (χ4n) is 3.53. The molecule has 164 valence electrons. The molecule has 0 heterocycles. The second-order valence-electron chi connectivity index (χ2n) is 7.29. The number of nitrogens with one attached hydrogen (secondary N) is 1. The molecule has 2 amide bonds. The number of aliphatic carboxylic acids is 1. The van der Waals surface area contributed by atoms with E-state index in [1.54, 1.807) is 6.07 Å². The van der Waals surface area contributed by atoms with Gasteiger partial charge in [-0.1, -0.05) is 66.7 Å². The van der Waals surface area contributed by atoms with E-state index in [1.165, 1.54) is 23.1 Å². The lowest BCUT2D eigenvalue weighted by atomic mass is 9.88. The molecule has 0 aliphatic carbocycles. The number of carboxylic acid groups (broad SMARTS) is 2. The summed E-state index contributed by atoms with van der Waals surface area (Å²) >= 11 is 0. The monoisotopic (exact) mass is 432 g/mol. The second kappa shape index (κ2) is 10.8. The van der Waals surface area contributed by atoms with Crippen molar-refractivity contribution in [1.29, 1.82) is 0 Å². The molecule has 3 aromatic carbocycles. The van der Waals surface area contributed by atoms with Crippen molar-refractivity contribution in [3.8, 4) is 0 Å².